The van der Waals surface area contributed by atoms with Crippen molar-refractivity contribution in [2.24, 2.45) is 0 Å². The summed E-state index contributed by atoms with van der Waals surface area (Å²) >= 11 is 0. The zero-order valence-corrected chi connectivity index (χ0v) is 10.4. The van der Waals surface area contributed by atoms with Crippen LogP contribution in [-0.4, -0.2) is 14.5 Å². The fourth-order valence-electron chi connectivity index (χ4n) is 2.15. The van der Waals surface area contributed by atoms with Gasteiger partial charge in [0, 0.05) is 34.5 Å². The number of pyridine rings is 1. The third-order valence-corrected chi connectivity index (χ3v) is 3.34. The number of rotatable bonds is 1. The van der Waals surface area contributed by atoms with Gasteiger partial charge in [0.05, 0.1) is 17.7 Å². The Labute approximate surface area is 105 Å². The quantitative estimate of drug-likeness (QED) is 0.663. The average molecular weight is 238 g/mol. The molecule has 0 fully saturated rings. The Morgan fingerprint density at radius 3 is 2.67 bits per heavy atom. The SMILES string of the molecule is Cc1ncn(-c2ccc(N)c3ccncc23)c1C. The first-order chi connectivity index (χ1) is 8.68. The Kier molecular flexibility index (Phi) is 2.30. The maximum absolute atomic E-state index is 5.99. The van der Waals surface area contributed by atoms with E-state index in [1.165, 1.54) is 0 Å². The molecule has 2 N–H and O–H groups in total. The smallest absolute Gasteiger partial charge is 0.0997 e. The summed E-state index contributed by atoms with van der Waals surface area (Å²) in [5, 5.41) is 2.06. The lowest BCUT2D eigenvalue weighted by molar-refractivity contribution is 1.01. The van der Waals surface area contributed by atoms with Gasteiger partial charge in [0.15, 0.2) is 0 Å². The molecule has 90 valence electrons. The number of aryl methyl sites for hydroxylation is 1. The number of imidazole rings is 1. The minimum Gasteiger partial charge on any atom is -0.398 e. The number of fused-ring (bicyclic) bond motifs is 1. The molecule has 18 heavy (non-hydrogen) atoms. The van der Waals surface area contributed by atoms with Gasteiger partial charge in [-0.1, -0.05) is 0 Å². The molecule has 3 aromatic rings. The number of nitrogens with zero attached hydrogens (tertiary/aromatic N) is 3. The molecule has 4 heteroatoms. The van der Waals surface area contributed by atoms with Gasteiger partial charge in [-0.25, -0.2) is 4.98 Å². The zero-order valence-electron chi connectivity index (χ0n) is 10.4. The third-order valence-electron chi connectivity index (χ3n) is 3.34. The van der Waals surface area contributed by atoms with Crippen molar-refractivity contribution in [3.63, 3.8) is 0 Å². The number of benzene rings is 1. The number of anilines is 1. The van der Waals surface area contributed by atoms with Crippen molar-refractivity contribution in [2.75, 3.05) is 5.73 Å². The lowest BCUT2D eigenvalue weighted by Crippen LogP contribution is -1.98. The summed E-state index contributed by atoms with van der Waals surface area (Å²) in [5.41, 5.74) is 9.98. The van der Waals surface area contributed by atoms with Gasteiger partial charge >= 0.3 is 0 Å². The van der Waals surface area contributed by atoms with Crippen LogP contribution in [0.4, 0.5) is 5.69 Å². The second kappa shape index (κ2) is 3.84. The molecule has 0 unspecified atom stereocenters. The molecule has 0 spiro atoms. The summed E-state index contributed by atoms with van der Waals surface area (Å²) < 4.78 is 2.07. The van der Waals surface area contributed by atoms with Crippen LogP contribution in [0.2, 0.25) is 0 Å². The standard InChI is InChI=1S/C14H14N4/c1-9-10(2)18(8-17-9)14-4-3-13(15)11-5-6-16-7-12(11)14/h3-8H,15H2,1-2H3. The molecule has 0 radical (unpaired) electrons. The van der Waals surface area contributed by atoms with Crippen molar-refractivity contribution in [1.82, 2.24) is 14.5 Å². The van der Waals surface area contributed by atoms with Gasteiger partial charge in [-0.05, 0) is 32.0 Å². The highest BCUT2D eigenvalue weighted by Crippen LogP contribution is 2.27. The molecule has 2 heterocycles. The second-order valence-electron chi connectivity index (χ2n) is 4.38. The van der Waals surface area contributed by atoms with Crippen LogP contribution in [0.3, 0.4) is 0 Å². The van der Waals surface area contributed by atoms with Crippen LogP contribution in [0.25, 0.3) is 16.5 Å². The summed E-state index contributed by atoms with van der Waals surface area (Å²) in [5.74, 6) is 0. The maximum atomic E-state index is 5.99. The van der Waals surface area contributed by atoms with Crippen LogP contribution in [0.1, 0.15) is 11.4 Å². The first-order valence-corrected chi connectivity index (χ1v) is 5.81. The van der Waals surface area contributed by atoms with Crippen LogP contribution in [-0.2, 0) is 0 Å². The molecular weight excluding hydrogens is 224 g/mol. The van der Waals surface area contributed by atoms with Gasteiger partial charge < -0.3 is 10.3 Å². The summed E-state index contributed by atoms with van der Waals surface area (Å²) in [6.45, 7) is 4.06. The van der Waals surface area contributed by atoms with Crippen LogP contribution in [0.15, 0.2) is 36.9 Å². The monoisotopic (exact) mass is 238 g/mol. The van der Waals surface area contributed by atoms with Gasteiger partial charge in [0.25, 0.3) is 0 Å². The summed E-state index contributed by atoms with van der Waals surface area (Å²) in [4.78, 5) is 8.52. The number of hydrogen-bond donors (Lipinski definition) is 1. The largest absolute Gasteiger partial charge is 0.398 e. The minimum atomic E-state index is 0.769. The zero-order chi connectivity index (χ0) is 12.7. The molecule has 0 bridgehead atoms. The number of hydrogen-bond acceptors (Lipinski definition) is 3. The molecule has 0 saturated heterocycles. The second-order valence-corrected chi connectivity index (χ2v) is 4.38. The van der Waals surface area contributed by atoms with Gasteiger partial charge in [-0.3, -0.25) is 4.98 Å². The topological polar surface area (TPSA) is 56.7 Å². The van der Waals surface area contributed by atoms with Crippen molar-refractivity contribution < 1.29 is 0 Å². The number of nitrogens with two attached hydrogens (primary N) is 1. The van der Waals surface area contributed by atoms with E-state index in [4.69, 9.17) is 5.73 Å². The fourth-order valence-corrected chi connectivity index (χ4v) is 2.15. The van der Waals surface area contributed by atoms with Crippen LogP contribution >= 0.6 is 0 Å². The van der Waals surface area contributed by atoms with Crippen molar-refractivity contribution in [3.8, 4) is 5.69 Å². The highest BCUT2D eigenvalue weighted by Gasteiger charge is 2.09. The van der Waals surface area contributed by atoms with E-state index in [1.807, 2.05) is 37.6 Å². The van der Waals surface area contributed by atoms with Crippen LogP contribution in [0, 0.1) is 13.8 Å². The Bertz CT molecular complexity index is 728. The summed E-state index contributed by atoms with van der Waals surface area (Å²) in [7, 11) is 0. The predicted molar refractivity (Wildman–Crippen MR) is 72.8 cm³/mol. The van der Waals surface area contributed by atoms with Gasteiger partial charge in [-0.15, -0.1) is 0 Å². The van der Waals surface area contributed by atoms with E-state index in [0.717, 1.165) is 33.5 Å². The highest BCUT2D eigenvalue weighted by molar-refractivity contribution is 5.97. The maximum Gasteiger partial charge on any atom is 0.0997 e. The van der Waals surface area contributed by atoms with E-state index in [0.29, 0.717) is 0 Å². The Morgan fingerprint density at radius 2 is 1.94 bits per heavy atom. The molecule has 3 rings (SSSR count). The molecule has 0 aliphatic heterocycles. The molecule has 0 saturated carbocycles. The Morgan fingerprint density at radius 1 is 1.11 bits per heavy atom. The third kappa shape index (κ3) is 1.46. The van der Waals surface area contributed by atoms with Crippen LogP contribution in [0.5, 0.6) is 0 Å². The molecule has 1 aromatic carbocycles. The first-order valence-electron chi connectivity index (χ1n) is 5.81. The highest BCUT2D eigenvalue weighted by atomic mass is 15.1. The summed E-state index contributed by atoms with van der Waals surface area (Å²) in [6, 6.07) is 5.87. The van der Waals surface area contributed by atoms with Crippen molar-refractivity contribution >= 4 is 16.5 Å². The predicted octanol–water partition coefficient (Wildman–Crippen LogP) is 2.62. The van der Waals surface area contributed by atoms with E-state index in [2.05, 4.69) is 21.5 Å². The van der Waals surface area contributed by atoms with Crippen molar-refractivity contribution in [2.45, 2.75) is 13.8 Å². The summed E-state index contributed by atoms with van der Waals surface area (Å²) in [6.07, 6.45) is 5.44. The minimum absolute atomic E-state index is 0.769. The molecule has 2 aromatic heterocycles. The normalized spacial score (nSPS) is 11.0. The van der Waals surface area contributed by atoms with E-state index >= 15 is 0 Å². The average Bonchev–Trinajstić information content (AvgIpc) is 2.71. The Balaban J connectivity index is 2.37. The lowest BCUT2D eigenvalue weighted by atomic mass is 10.1. The van der Waals surface area contributed by atoms with Gasteiger partial charge in [0.2, 0.25) is 0 Å². The van der Waals surface area contributed by atoms with E-state index in [9.17, 15) is 0 Å². The Hall–Kier alpha value is -2.36. The molecule has 0 aliphatic carbocycles. The van der Waals surface area contributed by atoms with Crippen LogP contribution < -0.4 is 5.73 Å². The molecule has 4 nitrogen and oxygen atoms in total. The lowest BCUT2D eigenvalue weighted by Gasteiger charge is -2.10. The van der Waals surface area contributed by atoms with Crippen molar-refractivity contribution in [3.05, 3.63) is 48.3 Å². The first kappa shape index (κ1) is 10.8. The molecular formula is C14H14N4. The fraction of sp³-hybridized carbons (Fsp3) is 0.143. The van der Waals surface area contributed by atoms with E-state index in [1.54, 1.807) is 6.20 Å². The van der Waals surface area contributed by atoms with Crippen molar-refractivity contribution in [1.29, 1.82) is 0 Å². The van der Waals surface area contributed by atoms with E-state index in [-0.39, 0.29) is 0 Å². The van der Waals surface area contributed by atoms with E-state index < -0.39 is 0 Å². The number of nitrogen functional groups attached to an aromatic ring is 1. The number of aromatic nitrogens is 3. The van der Waals surface area contributed by atoms with Gasteiger partial charge in [-0.2, -0.15) is 0 Å². The molecule has 0 amide bonds. The van der Waals surface area contributed by atoms with Gasteiger partial charge in [0.1, 0.15) is 0 Å². The molecule has 0 atom stereocenters. The molecule has 0 aliphatic rings.